The lowest BCUT2D eigenvalue weighted by atomic mass is 10.0. The van der Waals surface area contributed by atoms with Gasteiger partial charge in [0.25, 0.3) is 5.91 Å². The lowest BCUT2D eigenvalue weighted by Crippen LogP contribution is -2.48. The molecule has 1 aromatic heterocycles. The molecule has 1 fully saturated rings. The van der Waals surface area contributed by atoms with Gasteiger partial charge >= 0.3 is 0 Å². The molecule has 7 heteroatoms. The molecule has 1 aliphatic heterocycles. The summed E-state index contributed by atoms with van der Waals surface area (Å²) in [6, 6.07) is 6.19. The first-order valence-corrected chi connectivity index (χ1v) is 7.20. The summed E-state index contributed by atoms with van der Waals surface area (Å²) < 4.78 is 13.5. The number of hydrogen-bond donors (Lipinski definition) is 1. The van der Waals surface area contributed by atoms with Crippen molar-refractivity contribution in [2.24, 2.45) is 0 Å². The molecule has 1 aromatic carbocycles. The molecule has 1 atom stereocenters. The number of hydrogen-bond acceptors (Lipinski definition) is 4. The highest BCUT2D eigenvalue weighted by Gasteiger charge is 2.29. The van der Waals surface area contributed by atoms with Crippen LogP contribution >= 0.6 is 12.4 Å². The number of nitrogens with zero attached hydrogens (tertiary/aromatic N) is 3. The van der Waals surface area contributed by atoms with Crippen LogP contribution in [0.1, 0.15) is 27.7 Å². The molecule has 122 valence electrons. The molecule has 1 aliphatic rings. The Kier molecular flexibility index (Phi) is 5.63. The van der Waals surface area contributed by atoms with Crippen molar-refractivity contribution in [1.82, 2.24) is 20.2 Å². The number of aryl methyl sites for hydroxylation is 1. The average Bonchev–Trinajstić information content (AvgIpc) is 2.55. The molecule has 1 unspecified atom stereocenters. The highest BCUT2D eigenvalue weighted by Crippen LogP contribution is 2.25. The Morgan fingerprint density at radius 1 is 1.43 bits per heavy atom. The van der Waals surface area contributed by atoms with Gasteiger partial charge in [-0.3, -0.25) is 4.79 Å². The zero-order valence-electron chi connectivity index (χ0n) is 12.7. The second-order valence-electron chi connectivity index (χ2n) is 5.30. The summed E-state index contributed by atoms with van der Waals surface area (Å²) in [6.07, 6.45) is 2.96. The second-order valence-corrected chi connectivity index (χ2v) is 5.30. The molecule has 0 bridgehead atoms. The van der Waals surface area contributed by atoms with E-state index >= 15 is 0 Å². The van der Waals surface area contributed by atoms with E-state index < -0.39 is 0 Å². The monoisotopic (exact) mass is 336 g/mol. The van der Waals surface area contributed by atoms with E-state index in [1.165, 1.54) is 24.7 Å². The van der Waals surface area contributed by atoms with Gasteiger partial charge in [0.1, 0.15) is 12.1 Å². The van der Waals surface area contributed by atoms with Gasteiger partial charge in [-0.25, -0.2) is 14.4 Å². The Balaban J connectivity index is 0.00000192. The molecule has 1 amide bonds. The van der Waals surface area contributed by atoms with Crippen LogP contribution in [0.25, 0.3) is 0 Å². The fourth-order valence-corrected chi connectivity index (χ4v) is 2.71. The number of benzene rings is 1. The molecule has 0 saturated carbocycles. The van der Waals surface area contributed by atoms with Crippen LogP contribution in [0.3, 0.4) is 0 Å². The first-order valence-electron chi connectivity index (χ1n) is 7.20. The van der Waals surface area contributed by atoms with Crippen molar-refractivity contribution in [2.45, 2.75) is 13.0 Å². The summed E-state index contributed by atoms with van der Waals surface area (Å²) in [5.74, 6) is -0.413. The van der Waals surface area contributed by atoms with Crippen LogP contribution in [0.4, 0.5) is 4.39 Å². The summed E-state index contributed by atoms with van der Waals surface area (Å²) >= 11 is 0. The number of carbonyl (C=O) groups excluding carboxylic acids is 1. The Bertz CT molecular complexity index is 697. The van der Waals surface area contributed by atoms with E-state index in [0.717, 1.165) is 5.56 Å². The minimum atomic E-state index is -0.297. The van der Waals surface area contributed by atoms with E-state index in [-0.39, 0.29) is 30.2 Å². The van der Waals surface area contributed by atoms with Crippen LogP contribution in [-0.2, 0) is 0 Å². The number of aromatic nitrogens is 2. The largest absolute Gasteiger partial charge is 0.329 e. The topological polar surface area (TPSA) is 58.1 Å². The molecule has 0 aliphatic carbocycles. The van der Waals surface area contributed by atoms with Crippen molar-refractivity contribution in [3.05, 3.63) is 59.4 Å². The highest BCUT2D eigenvalue weighted by molar-refractivity contribution is 5.95. The van der Waals surface area contributed by atoms with Crippen molar-refractivity contribution >= 4 is 18.3 Å². The van der Waals surface area contributed by atoms with Crippen molar-refractivity contribution in [3.63, 3.8) is 0 Å². The minimum Gasteiger partial charge on any atom is -0.329 e. The third-order valence-electron chi connectivity index (χ3n) is 3.88. The standard InChI is InChI=1S/C16H17FN4O.ClH/c1-11-14(8-19-10-20-11)16(22)21-6-5-18-9-15(21)12-3-2-4-13(17)7-12;/h2-4,7-8,10,15,18H,5-6,9H2,1H3;1H. The zero-order valence-corrected chi connectivity index (χ0v) is 13.5. The predicted molar refractivity (Wildman–Crippen MR) is 87.1 cm³/mol. The van der Waals surface area contributed by atoms with E-state index in [4.69, 9.17) is 0 Å². The second kappa shape index (κ2) is 7.48. The molecule has 2 aromatic rings. The summed E-state index contributed by atoms with van der Waals surface area (Å²) in [5.41, 5.74) is 1.93. The fourth-order valence-electron chi connectivity index (χ4n) is 2.71. The minimum absolute atomic E-state index is 0. The van der Waals surface area contributed by atoms with Crippen LogP contribution < -0.4 is 5.32 Å². The van der Waals surface area contributed by atoms with E-state index in [1.54, 1.807) is 17.9 Å². The maximum absolute atomic E-state index is 13.5. The lowest BCUT2D eigenvalue weighted by Gasteiger charge is -2.36. The molecule has 5 nitrogen and oxygen atoms in total. The number of piperazine rings is 1. The molecule has 3 rings (SSSR count). The van der Waals surface area contributed by atoms with Gasteiger partial charge in [0, 0.05) is 25.8 Å². The fraction of sp³-hybridized carbons (Fsp3) is 0.312. The van der Waals surface area contributed by atoms with Crippen molar-refractivity contribution < 1.29 is 9.18 Å². The van der Waals surface area contributed by atoms with Gasteiger partial charge in [0.2, 0.25) is 0 Å². The van der Waals surface area contributed by atoms with Gasteiger partial charge in [-0.15, -0.1) is 12.4 Å². The van der Waals surface area contributed by atoms with Crippen molar-refractivity contribution in [3.8, 4) is 0 Å². The number of rotatable bonds is 2. The number of halogens is 2. The van der Waals surface area contributed by atoms with Crippen LogP contribution in [-0.4, -0.2) is 40.4 Å². The first-order chi connectivity index (χ1) is 10.7. The average molecular weight is 337 g/mol. The maximum Gasteiger partial charge on any atom is 0.257 e. The van der Waals surface area contributed by atoms with Crippen LogP contribution in [0, 0.1) is 12.7 Å². The lowest BCUT2D eigenvalue weighted by molar-refractivity contribution is 0.0632. The molecular formula is C16H18ClFN4O. The normalized spacial score (nSPS) is 17.5. The Morgan fingerprint density at radius 2 is 2.26 bits per heavy atom. The van der Waals surface area contributed by atoms with E-state index in [0.29, 0.717) is 30.9 Å². The number of amides is 1. The SMILES string of the molecule is Cc1ncncc1C(=O)N1CCNCC1c1cccc(F)c1.Cl. The Labute approximate surface area is 140 Å². The summed E-state index contributed by atoms with van der Waals surface area (Å²) in [6.45, 7) is 3.66. The predicted octanol–water partition coefficient (Wildman–Crippen LogP) is 2.13. The van der Waals surface area contributed by atoms with Crippen molar-refractivity contribution in [2.75, 3.05) is 19.6 Å². The summed E-state index contributed by atoms with van der Waals surface area (Å²) in [7, 11) is 0. The third-order valence-corrected chi connectivity index (χ3v) is 3.88. The van der Waals surface area contributed by atoms with Crippen molar-refractivity contribution in [1.29, 1.82) is 0 Å². The van der Waals surface area contributed by atoms with Crippen LogP contribution in [0.5, 0.6) is 0 Å². The molecular weight excluding hydrogens is 319 g/mol. The van der Waals surface area contributed by atoms with Gasteiger partial charge < -0.3 is 10.2 Å². The third kappa shape index (κ3) is 3.65. The summed E-state index contributed by atoms with van der Waals surface area (Å²) in [5, 5.41) is 3.26. The van der Waals surface area contributed by atoms with Crippen LogP contribution in [0.2, 0.25) is 0 Å². The Hall–Kier alpha value is -2.05. The van der Waals surface area contributed by atoms with Gasteiger partial charge in [0.15, 0.2) is 0 Å². The molecule has 0 radical (unpaired) electrons. The molecule has 2 heterocycles. The van der Waals surface area contributed by atoms with Gasteiger partial charge in [0.05, 0.1) is 17.3 Å². The van der Waals surface area contributed by atoms with Crippen LogP contribution in [0.15, 0.2) is 36.8 Å². The number of nitrogens with one attached hydrogen (secondary N) is 1. The van der Waals surface area contributed by atoms with Gasteiger partial charge in [-0.1, -0.05) is 12.1 Å². The molecule has 1 N–H and O–H groups in total. The smallest absolute Gasteiger partial charge is 0.257 e. The van der Waals surface area contributed by atoms with E-state index in [2.05, 4.69) is 15.3 Å². The quantitative estimate of drug-likeness (QED) is 0.912. The van der Waals surface area contributed by atoms with E-state index in [1.807, 2.05) is 6.07 Å². The molecule has 0 spiro atoms. The van der Waals surface area contributed by atoms with Gasteiger partial charge in [-0.05, 0) is 24.6 Å². The Morgan fingerprint density at radius 3 is 3.00 bits per heavy atom. The zero-order chi connectivity index (χ0) is 15.5. The molecule has 1 saturated heterocycles. The highest BCUT2D eigenvalue weighted by atomic mass is 35.5. The number of carbonyl (C=O) groups is 1. The first kappa shape index (κ1) is 17.3. The summed E-state index contributed by atoms with van der Waals surface area (Å²) in [4.78, 5) is 22.6. The molecule has 23 heavy (non-hydrogen) atoms. The van der Waals surface area contributed by atoms with E-state index in [9.17, 15) is 9.18 Å². The van der Waals surface area contributed by atoms with Gasteiger partial charge in [-0.2, -0.15) is 0 Å². The maximum atomic E-state index is 13.5.